The van der Waals surface area contributed by atoms with Crippen LogP contribution in [0.3, 0.4) is 0 Å². The minimum absolute atomic E-state index is 0.107. The van der Waals surface area contributed by atoms with E-state index in [1.54, 1.807) is 19.2 Å². The molecule has 1 saturated carbocycles. The summed E-state index contributed by atoms with van der Waals surface area (Å²) in [5.74, 6) is -1.65. The Hall–Kier alpha value is -2.52. The number of nitrogens with one attached hydrogen (secondary N) is 2. The average Bonchev–Trinajstić information content (AvgIpc) is 3.47. The monoisotopic (exact) mass is 388 g/mol. The first-order valence-corrected chi connectivity index (χ1v) is 9.11. The lowest BCUT2D eigenvalue weighted by atomic mass is 9.88. The maximum atomic E-state index is 13.0. The summed E-state index contributed by atoms with van der Waals surface area (Å²) in [5.41, 5.74) is 2.56. The lowest BCUT2D eigenvalue weighted by Gasteiger charge is -2.17. The normalized spacial score (nSPS) is 13.7. The highest BCUT2D eigenvalue weighted by molar-refractivity contribution is 6.12. The number of rotatable bonds is 9. The summed E-state index contributed by atoms with van der Waals surface area (Å²) >= 11 is 0. The number of benzene rings is 1. The van der Waals surface area contributed by atoms with Crippen LogP contribution in [0.15, 0.2) is 12.1 Å². The van der Waals surface area contributed by atoms with Crippen molar-refractivity contribution in [1.82, 2.24) is 10.3 Å². The molecule has 0 bridgehead atoms. The highest BCUT2D eigenvalue weighted by Crippen LogP contribution is 2.41. The Morgan fingerprint density at radius 2 is 1.79 bits per heavy atom. The predicted molar refractivity (Wildman–Crippen MR) is 101 cm³/mol. The second kappa shape index (κ2) is 8.24. The molecule has 0 radical (unpaired) electrons. The molecule has 0 saturated heterocycles. The van der Waals surface area contributed by atoms with E-state index in [0.717, 1.165) is 12.8 Å². The number of H-pyrrole nitrogens is 1. The number of aliphatic hydroxyl groups is 3. The molecule has 0 spiro atoms. The first-order valence-electron chi connectivity index (χ1n) is 9.11. The molecule has 28 heavy (non-hydrogen) atoms. The molecular weight excluding hydrogens is 364 g/mol. The van der Waals surface area contributed by atoms with Crippen LogP contribution in [0.5, 0.6) is 0 Å². The fourth-order valence-corrected chi connectivity index (χ4v) is 3.62. The van der Waals surface area contributed by atoms with Crippen LogP contribution in [0.25, 0.3) is 11.1 Å². The number of carboxylic acids is 1. The van der Waals surface area contributed by atoms with E-state index in [9.17, 15) is 30.0 Å². The van der Waals surface area contributed by atoms with Crippen LogP contribution in [0.1, 0.15) is 56.1 Å². The number of carbonyl (C=O) groups excluding carboxylic acids is 1. The van der Waals surface area contributed by atoms with Gasteiger partial charge in [0, 0.05) is 23.7 Å². The van der Waals surface area contributed by atoms with Crippen molar-refractivity contribution in [2.24, 2.45) is 5.92 Å². The molecule has 1 fully saturated rings. The van der Waals surface area contributed by atoms with Crippen LogP contribution in [0.4, 0.5) is 0 Å². The molecule has 1 aromatic heterocycles. The zero-order valence-corrected chi connectivity index (χ0v) is 15.6. The number of Topliss-reactive ketones (excluding diaryl/α,β-unsaturated/α-hetero) is 1. The molecule has 6 N–H and O–H groups in total. The van der Waals surface area contributed by atoms with Crippen LogP contribution in [-0.4, -0.2) is 44.2 Å². The van der Waals surface area contributed by atoms with Gasteiger partial charge in [0.1, 0.15) is 5.69 Å². The minimum atomic E-state index is -1.23. The number of ketones is 1. The zero-order chi connectivity index (χ0) is 20.4. The van der Waals surface area contributed by atoms with Gasteiger partial charge in [0.25, 0.3) is 0 Å². The number of aromatic nitrogens is 1. The maximum Gasteiger partial charge on any atom is 0.353 e. The zero-order valence-electron chi connectivity index (χ0n) is 15.6. The van der Waals surface area contributed by atoms with Crippen LogP contribution in [0, 0.1) is 5.92 Å². The smallest absolute Gasteiger partial charge is 0.353 e. The van der Waals surface area contributed by atoms with Gasteiger partial charge in [0.2, 0.25) is 0 Å². The quantitative estimate of drug-likeness (QED) is 0.354. The van der Waals surface area contributed by atoms with Gasteiger partial charge in [-0.3, -0.25) is 4.79 Å². The summed E-state index contributed by atoms with van der Waals surface area (Å²) in [6.07, 6.45) is 1.45. The molecule has 2 aromatic rings. The van der Waals surface area contributed by atoms with Crippen LogP contribution in [0.2, 0.25) is 0 Å². The topological polar surface area (TPSA) is 143 Å². The van der Waals surface area contributed by atoms with Gasteiger partial charge in [-0.2, -0.15) is 0 Å². The average molecular weight is 388 g/mol. The highest BCUT2D eigenvalue weighted by Gasteiger charge is 2.37. The summed E-state index contributed by atoms with van der Waals surface area (Å²) < 4.78 is 0. The Morgan fingerprint density at radius 1 is 1.11 bits per heavy atom. The van der Waals surface area contributed by atoms with Crippen molar-refractivity contribution in [2.45, 2.75) is 39.2 Å². The Morgan fingerprint density at radius 3 is 2.29 bits per heavy atom. The van der Waals surface area contributed by atoms with Crippen molar-refractivity contribution in [3.63, 3.8) is 0 Å². The van der Waals surface area contributed by atoms with Crippen LogP contribution in [-0.2, 0) is 26.4 Å². The van der Waals surface area contributed by atoms with Crippen molar-refractivity contribution in [2.75, 3.05) is 7.05 Å². The van der Waals surface area contributed by atoms with E-state index in [-0.39, 0.29) is 36.1 Å². The lowest BCUT2D eigenvalue weighted by molar-refractivity contribution is 0.0685. The summed E-state index contributed by atoms with van der Waals surface area (Å²) in [7, 11) is 1.70. The summed E-state index contributed by atoms with van der Waals surface area (Å²) in [4.78, 5) is 27.6. The lowest BCUT2D eigenvalue weighted by Crippen LogP contribution is -2.11. The molecule has 0 unspecified atom stereocenters. The van der Waals surface area contributed by atoms with E-state index >= 15 is 0 Å². The molecule has 150 valence electrons. The number of aromatic amines is 1. The molecule has 1 aliphatic rings. The molecule has 1 aromatic carbocycles. The third-order valence-corrected chi connectivity index (χ3v) is 5.12. The fraction of sp³-hybridized carbons (Fsp3) is 0.400. The van der Waals surface area contributed by atoms with Gasteiger partial charge in [-0.1, -0.05) is 12.1 Å². The Bertz CT molecular complexity index is 914. The molecule has 1 aliphatic carbocycles. The highest BCUT2D eigenvalue weighted by atomic mass is 16.4. The second-order valence-corrected chi connectivity index (χ2v) is 6.91. The Balaban J connectivity index is 2.34. The van der Waals surface area contributed by atoms with Gasteiger partial charge in [-0.25, -0.2) is 4.79 Å². The van der Waals surface area contributed by atoms with Crippen LogP contribution >= 0.6 is 0 Å². The predicted octanol–water partition coefficient (Wildman–Crippen LogP) is 1.17. The van der Waals surface area contributed by atoms with E-state index in [1.165, 1.54) is 0 Å². The van der Waals surface area contributed by atoms with Gasteiger partial charge in [-0.05, 0) is 42.1 Å². The van der Waals surface area contributed by atoms with E-state index < -0.39 is 19.2 Å². The van der Waals surface area contributed by atoms with E-state index in [1.807, 2.05) is 0 Å². The van der Waals surface area contributed by atoms with Crippen LogP contribution < -0.4 is 5.32 Å². The largest absolute Gasteiger partial charge is 0.477 e. The number of carboxylic acid groups (broad SMARTS) is 1. The first kappa shape index (κ1) is 20.2. The van der Waals surface area contributed by atoms with Crippen molar-refractivity contribution < 1.29 is 30.0 Å². The number of aliphatic hydroxyl groups excluding tert-OH is 3. The molecule has 8 heteroatoms. The fourth-order valence-electron chi connectivity index (χ4n) is 3.62. The SMILES string of the molecule is CNCc1[nH]c(C(=O)O)c(C(=O)C2CC2)c1-c1ccc(CO)c(CO)c1CO. The van der Waals surface area contributed by atoms with Crippen molar-refractivity contribution >= 4 is 11.8 Å². The summed E-state index contributed by atoms with van der Waals surface area (Å²) in [5, 5.41) is 41.9. The van der Waals surface area contributed by atoms with Gasteiger partial charge in [-0.15, -0.1) is 0 Å². The third kappa shape index (κ3) is 3.47. The summed E-state index contributed by atoms with van der Waals surface area (Å²) in [6.45, 7) is -0.853. The number of hydrogen-bond acceptors (Lipinski definition) is 6. The van der Waals surface area contributed by atoms with Crippen molar-refractivity contribution in [1.29, 1.82) is 0 Å². The second-order valence-electron chi connectivity index (χ2n) is 6.91. The first-order chi connectivity index (χ1) is 13.5. The Labute approximate surface area is 161 Å². The molecule has 0 atom stereocenters. The Kier molecular flexibility index (Phi) is 5.95. The van der Waals surface area contributed by atoms with E-state index in [2.05, 4.69) is 10.3 Å². The van der Waals surface area contributed by atoms with Crippen molar-refractivity contribution in [3.8, 4) is 11.1 Å². The molecular formula is C20H24N2O6. The molecule has 0 aliphatic heterocycles. The maximum absolute atomic E-state index is 13.0. The van der Waals surface area contributed by atoms with Gasteiger partial charge < -0.3 is 30.7 Å². The standard InChI is InChI=1S/C20H24N2O6/c1-21-6-15-16(12-5-4-11(7-23)13(8-24)14(12)9-25)17(18(22-15)20(27)28)19(26)10-2-3-10/h4-5,10,21-25H,2-3,6-9H2,1H3,(H,27,28). The number of hydrogen-bond donors (Lipinski definition) is 6. The van der Waals surface area contributed by atoms with Gasteiger partial charge in [0.15, 0.2) is 5.78 Å². The molecule has 0 amide bonds. The number of aromatic carboxylic acids is 1. The van der Waals surface area contributed by atoms with Gasteiger partial charge in [0.05, 0.1) is 25.4 Å². The molecule has 3 rings (SSSR count). The summed E-state index contributed by atoms with van der Waals surface area (Å²) in [6, 6.07) is 3.26. The number of carbonyl (C=O) groups is 2. The van der Waals surface area contributed by atoms with Gasteiger partial charge >= 0.3 is 5.97 Å². The minimum Gasteiger partial charge on any atom is -0.477 e. The van der Waals surface area contributed by atoms with E-state index in [4.69, 9.17) is 0 Å². The van der Waals surface area contributed by atoms with E-state index in [0.29, 0.717) is 33.5 Å². The third-order valence-electron chi connectivity index (χ3n) is 5.12. The molecule has 1 heterocycles. The molecule has 8 nitrogen and oxygen atoms in total. The van der Waals surface area contributed by atoms with Crippen molar-refractivity contribution in [3.05, 3.63) is 45.8 Å².